The Morgan fingerprint density at radius 2 is 2.19 bits per heavy atom. The fourth-order valence-corrected chi connectivity index (χ4v) is 3.14. The third-order valence-corrected chi connectivity index (χ3v) is 4.58. The smallest absolute Gasteiger partial charge is 0.345 e. The minimum atomic E-state index is -0.887. The van der Waals surface area contributed by atoms with Gasteiger partial charge in [0.25, 0.3) is 0 Å². The lowest BCUT2D eigenvalue weighted by Gasteiger charge is -2.11. The number of aryl methyl sites for hydroxylation is 1. The first kappa shape index (κ1) is 15.8. The summed E-state index contributed by atoms with van der Waals surface area (Å²) in [6.45, 7) is 3.06. The lowest BCUT2D eigenvalue weighted by Crippen LogP contribution is -2.14. The summed E-state index contributed by atoms with van der Waals surface area (Å²) in [6, 6.07) is 7.23. The number of hydrogen-bond acceptors (Lipinski definition) is 4. The first-order valence-corrected chi connectivity index (χ1v) is 7.57. The van der Waals surface area contributed by atoms with E-state index in [0.29, 0.717) is 23.0 Å². The SMILES string of the molecule is COc1cccc(Cl)c1CNCc1cc(C(=O)O)sc1C. The standard InChI is InChI=1S/C15H16ClNO3S/c1-9-10(6-14(21-9)15(18)19)7-17-8-11-12(16)4-3-5-13(11)20-2/h3-6,17H,7-8H2,1-2H3,(H,18,19). The second-order valence-electron chi connectivity index (χ2n) is 4.52. The number of carboxylic acid groups (broad SMARTS) is 1. The predicted molar refractivity (Wildman–Crippen MR) is 84.6 cm³/mol. The van der Waals surface area contributed by atoms with E-state index in [4.69, 9.17) is 21.4 Å². The number of thiophene rings is 1. The molecule has 2 N–H and O–H groups in total. The van der Waals surface area contributed by atoms with Gasteiger partial charge in [-0.15, -0.1) is 11.3 Å². The minimum absolute atomic E-state index is 0.361. The number of hydrogen-bond donors (Lipinski definition) is 2. The number of halogens is 1. The van der Waals surface area contributed by atoms with Crippen molar-refractivity contribution >= 4 is 28.9 Å². The molecule has 4 nitrogen and oxygen atoms in total. The zero-order valence-electron chi connectivity index (χ0n) is 11.8. The van der Waals surface area contributed by atoms with Crippen molar-refractivity contribution in [2.24, 2.45) is 0 Å². The van der Waals surface area contributed by atoms with Crippen LogP contribution in [0.5, 0.6) is 5.75 Å². The molecule has 0 saturated heterocycles. The molecule has 0 aliphatic carbocycles. The molecule has 1 heterocycles. The number of carbonyl (C=O) groups is 1. The van der Waals surface area contributed by atoms with Crippen LogP contribution in [0.2, 0.25) is 5.02 Å². The van der Waals surface area contributed by atoms with Crippen LogP contribution < -0.4 is 10.1 Å². The van der Waals surface area contributed by atoms with Crippen LogP contribution in [-0.2, 0) is 13.1 Å². The van der Waals surface area contributed by atoms with Crippen LogP contribution in [-0.4, -0.2) is 18.2 Å². The van der Waals surface area contributed by atoms with E-state index < -0.39 is 5.97 Å². The molecule has 0 aliphatic heterocycles. The number of aromatic carboxylic acids is 1. The van der Waals surface area contributed by atoms with E-state index in [2.05, 4.69) is 5.32 Å². The maximum absolute atomic E-state index is 10.9. The topological polar surface area (TPSA) is 58.6 Å². The highest BCUT2D eigenvalue weighted by Crippen LogP contribution is 2.26. The summed E-state index contributed by atoms with van der Waals surface area (Å²) in [5.41, 5.74) is 1.89. The molecule has 0 atom stereocenters. The van der Waals surface area contributed by atoms with E-state index in [9.17, 15) is 4.79 Å². The van der Waals surface area contributed by atoms with Gasteiger partial charge >= 0.3 is 5.97 Å². The van der Waals surface area contributed by atoms with Gasteiger partial charge in [-0.2, -0.15) is 0 Å². The molecule has 0 bridgehead atoms. The van der Waals surface area contributed by atoms with Crippen molar-refractivity contribution in [3.05, 3.63) is 50.2 Å². The Morgan fingerprint density at radius 3 is 2.81 bits per heavy atom. The number of benzene rings is 1. The van der Waals surface area contributed by atoms with E-state index in [-0.39, 0.29) is 0 Å². The van der Waals surface area contributed by atoms with Crippen LogP contribution in [0.3, 0.4) is 0 Å². The van der Waals surface area contributed by atoms with Crippen molar-refractivity contribution in [2.45, 2.75) is 20.0 Å². The largest absolute Gasteiger partial charge is 0.496 e. The maximum Gasteiger partial charge on any atom is 0.345 e. The van der Waals surface area contributed by atoms with Gasteiger partial charge in [0.15, 0.2) is 0 Å². The summed E-state index contributed by atoms with van der Waals surface area (Å²) >= 11 is 7.46. The molecule has 0 radical (unpaired) electrons. The average Bonchev–Trinajstić information content (AvgIpc) is 2.82. The third kappa shape index (κ3) is 3.75. The molecule has 21 heavy (non-hydrogen) atoms. The molecule has 0 amide bonds. The Bertz CT molecular complexity index is 654. The van der Waals surface area contributed by atoms with Gasteiger partial charge in [0.2, 0.25) is 0 Å². The zero-order valence-corrected chi connectivity index (χ0v) is 13.3. The normalized spacial score (nSPS) is 10.6. The number of nitrogens with one attached hydrogen (secondary N) is 1. The molecule has 0 spiro atoms. The minimum Gasteiger partial charge on any atom is -0.496 e. The Hall–Kier alpha value is -1.56. The molecule has 1 aromatic carbocycles. The van der Waals surface area contributed by atoms with Crippen LogP contribution in [0.1, 0.15) is 25.7 Å². The Balaban J connectivity index is 2.04. The van der Waals surface area contributed by atoms with Crippen molar-refractivity contribution in [1.29, 1.82) is 0 Å². The average molecular weight is 326 g/mol. The molecule has 0 unspecified atom stereocenters. The molecule has 0 aliphatic rings. The quantitative estimate of drug-likeness (QED) is 0.850. The second kappa shape index (κ2) is 6.93. The van der Waals surface area contributed by atoms with Gasteiger partial charge in [-0.1, -0.05) is 17.7 Å². The lowest BCUT2D eigenvalue weighted by atomic mass is 10.2. The Labute approximate surface area is 132 Å². The monoisotopic (exact) mass is 325 g/mol. The van der Waals surface area contributed by atoms with Crippen LogP contribution in [0.4, 0.5) is 0 Å². The summed E-state index contributed by atoms with van der Waals surface area (Å²) in [5.74, 6) is -0.148. The van der Waals surface area contributed by atoms with Crippen molar-refractivity contribution < 1.29 is 14.6 Å². The molecule has 112 valence electrons. The summed E-state index contributed by atoms with van der Waals surface area (Å²) in [5, 5.41) is 12.9. The fourth-order valence-electron chi connectivity index (χ4n) is 2.02. The lowest BCUT2D eigenvalue weighted by molar-refractivity contribution is 0.0702. The molecular formula is C15H16ClNO3S. The summed E-state index contributed by atoms with van der Waals surface area (Å²) in [6.07, 6.45) is 0. The highest BCUT2D eigenvalue weighted by atomic mass is 35.5. The first-order chi connectivity index (χ1) is 10.0. The van der Waals surface area contributed by atoms with Gasteiger partial charge < -0.3 is 15.2 Å². The molecule has 0 saturated carbocycles. The predicted octanol–water partition coefficient (Wildman–Crippen LogP) is 3.71. The van der Waals surface area contributed by atoms with Crippen LogP contribution in [0.15, 0.2) is 24.3 Å². The van der Waals surface area contributed by atoms with Crippen molar-refractivity contribution in [1.82, 2.24) is 5.32 Å². The van der Waals surface area contributed by atoms with E-state index in [1.807, 2.05) is 25.1 Å². The maximum atomic E-state index is 10.9. The van der Waals surface area contributed by atoms with Gasteiger partial charge in [-0.3, -0.25) is 0 Å². The van der Waals surface area contributed by atoms with Crippen LogP contribution in [0.25, 0.3) is 0 Å². The van der Waals surface area contributed by atoms with E-state index in [1.54, 1.807) is 13.2 Å². The highest BCUT2D eigenvalue weighted by molar-refractivity contribution is 7.14. The van der Waals surface area contributed by atoms with Gasteiger partial charge in [0, 0.05) is 28.6 Å². The number of methoxy groups -OCH3 is 1. The third-order valence-electron chi connectivity index (χ3n) is 3.14. The first-order valence-electron chi connectivity index (χ1n) is 6.37. The van der Waals surface area contributed by atoms with Crippen molar-refractivity contribution in [2.75, 3.05) is 7.11 Å². The van der Waals surface area contributed by atoms with Crippen LogP contribution in [0, 0.1) is 6.92 Å². The van der Waals surface area contributed by atoms with E-state index >= 15 is 0 Å². The van der Waals surface area contributed by atoms with E-state index in [1.165, 1.54) is 11.3 Å². The molecule has 2 aromatic rings. The van der Waals surface area contributed by atoms with Gasteiger partial charge in [-0.25, -0.2) is 4.79 Å². The highest BCUT2D eigenvalue weighted by Gasteiger charge is 2.11. The number of rotatable bonds is 6. The number of carboxylic acids is 1. The van der Waals surface area contributed by atoms with Crippen molar-refractivity contribution in [3.63, 3.8) is 0 Å². The Morgan fingerprint density at radius 1 is 1.43 bits per heavy atom. The van der Waals surface area contributed by atoms with E-state index in [0.717, 1.165) is 21.8 Å². The summed E-state index contributed by atoms with van der Waals surface area (Å²) in [4.78, 5) is 12.3. The second-order valence-corrected chi connectivity index (χ2v) is 6.18. The number of ether oxygens (including phenoxy) is 1. The molecule has 2 rings (SSSR count). The Kier molecular flexibility index (Phi) is 5.22. The zero-order chi connectivity index (χ0) is 15.4. The molecule has 1 aromatic heterocycles. The summed E-state index contributed by atoms with van der Waals surface area (Å²) in [7, 11) is 1.61. The molecule has 0 fully saturated rings. The van der Waals surface area contributed by atoms with Gasteiger partial charge in [-0.05, 0) is 30.7 Å². The molecule has 6 heteroatoms. The summed E-state index contributed by atoms with van der Waals surface area (Å²) < 4.78 is 5.29. The van der Waals surface area contributed by atoms with Crippen LogP contribution >= 0.6 is 22.9 Å². The molecular weight excluding hydrogens is 310 g/mol. The fraction of sp³-hybridized carbons (Fsp3) is 0.267. The van der Waals surface area contributed by atoms with Gasteiger partial charge in [0.1, 0.15) is 10.6 Å². The van der Waals surface area contributed by atoms with Crippen molar-refractivity contribution in [3.8, 4) is 5.75 Å². The van der Waals surface area contributed by atoms with Gasteiger partial charge in [0.05, 0.1) is 7.11 Å².